The zero-order valence-electron chi connectivity index (χ0n) is 15.0. The molecule has 0 amide bonds. The number of benzene rings is 2. The van der Waals surface area contributed by atoms with Crippen LogP contribution in [0.25, 0.3) is 0 Å². The molecule has 0 aliphatic carbocycles. The van der Waals surface area contributed by atoms with Crippen LogP contribution in [0.1, 0.15) is 37.3 Å². The van der Waals surface area contributed by atoms with E-state index in [2.05, 4.69) is 19.9 Å². The number of hydrogen-bond acceptors (Lipinski definition) is 5. The van der Waals surface area contributed by atoms with Crippen LogP contribution in [0.5, 0.6) is 11.5 Å². The maximum Gasteiger partial charge on any atom is 0.205 e. The highest BCUT2D eigenvalue weighted by atomic mass is 16.5. The van der Waals surface area contributed by atoms with Gasteiger partial charge in [0.15, 0.2) is 0 Å². The molecule has 0 fully saturated rings. The van der Waals surface area contributed by atoms with Crippen molar-refractivity contribution in [3.8, 4) is 17.6 Å². The molecule has 3 rings (SSSR count). The van der Waals surface area contributed by atoms with Crippen LogP contribution < -0.4 is 20.9 Å². The van der Waals surface area contributed by atoms with E-state index >= 15 is 0 Å². The van der Waals surface area contributed by atoms with Crippen LogP contribution in [-0.2, 0) is 0 Å². The highest BCUT2D eigenvalue weighted by Crippen LogP contribution is 2.43. The molecule has 2 aromatic carbocycles. The largest absolute Gasteiger partial charge is 0.494 e. The lowest BCUT2D eigenvalue weighted by atomic mass is 9.83. The number of anilines is 1. The molecular weight excluding hydrogens is 326 g/mol. The minimum Gasteiger partial charge on any atom is -0.494 e. The Hall–Kier alpha value is -3.13. The normalized spacial score (nSPS) is 16.0. The van der Waals surface area contributed by atoms with Crippen LogP contribution in [0.4, 0.5) is 5.69 Å². The van der Waals surface area contributed by atoms with Gasteiger partial charge in [0.1, 0.15) is 23.1 Å². The number of ether oxygens (including phenoxy) is 2. The van der Waals surface area contributed by atoms with Gasteiger partial charge >= 0.3 is 0 Å². The Morgan fingerprint density at radius 2 is 2.00 bits per heavy atom. The standard InChI is InChI=1S/C21H23N3O2/c1-13(2)8-9-25-16-5-3-4-14(10-16)20-17-7-6-15(23)11-19(17)26-21(24)18(20)12-22/h3-7,10-11,13,20H,8-9,23-24H2,1-2H3/t20-/m1/s1. The molecule has 5 heteroatoms. The summed E-state index contributed by atoms with van der Waals surface area (Å²) in [6.45, 7) is 4.99. The van der Waals surface area contributed by atoms with Gasteiger partial charge in [-0.25, -0.2) is 0 Å². The van der Waals surface area contributed by atoms with Gasteiger partial charge in [0.05, 0.1) is 12.5 Å². The smallest absolute Gasteiger partial charge is 0.205 e. The molecule has 134 valence electrons. The van der Waals surface area contributed by atoms with Crippen molar-refractivity contribution < 1.29 is 9.47 Å². The summed E-state index contributed by atoms with van der Waals surface area (Å²) >= 11 is 0. The van der Waals surface area contributed by atoms with Crippen molar-refractivity contribution in [2.45, 2.75) is 26.2 Å². The molecule has 1 aliphatic rings. The summed E-state index contributed by atoms with van der Waals surface area (Å²) in [5.41, 5.74) is 14.6. The summed E-state index contributed by atoms with van der Waals surface area (Å²) < 4.78 is 11.5. The first-order chi connectivity index (χ1) is 12.5. The van der Waals surface area contributed by atoms with Crippen molar-refractivity contribution >= 4 is 5.69 Å². The Morgan fingerprint density at radius 3 is 2.73 bits per heavy atom. The van der Waals surface area contributed by atoms with Gasteiger partial charge in [-0.05, 0) is 36.1 Å². The second-order valence-electron chi connectivity index (χ2n) is 6.83. The number of fused-ring (bicyclic) bond motifs is 1. The number of hydrogen-bond donors (Lipinski definition) is 2. The maximum absolute atomic E-state index is 9.62. The third-order valence-corrected chi connectivity index (χ3v) is 4.40. The van der Waals surface area contributed by atoms with E-state index in [1.165, 1.54) is 0 Å². The first kappa shape index (κ1) is 17.7. The molecule has 0 aromatic heterocycles. The minimum atomic E-state index is -0.307. The maximum atomic E-state index is 9.62. The molecule has 0 unspecified atom stereocenters. The fourth-order valence-electron chi connectivity index (χ4n) is 3.01. The monoisotopic (exact) mass is 349 g/mol. The number of rotatable bonds is 5. The molecule has 26 heavy (non-hydrogen) atoms. The summed E-state index contributed by atoms with van der Waals surface area (Å²) in [4.78, 5) is 0. The third-order valence-electron chi connectivity index (χ3n) is 4.40. The lowest BCUT2D eigenvalue weighted by Gasteiger charge is -2.26. The SMILES string of the molecule is CC(C)CCOc1cccc([C@H]2C(C#N)=C(N)Oc3cc(N)ccc32)c1. The van der Waals surface area contributed by atoms with Crippen molar-refractivity contribution in [2.24, 2.45) is 11.7 Å². The highest BCUT2D eigenvalue weighted by molar-refractivity contribution is 5.59. The number of nitrogen functional groups attached to an aromatic ring is 1. The quantitative estimate of drug-likeness (QED) is 0.798. The molecule has 5 nitrogen and oxygen atoms in total. The van der Waals surface area contributed by atoms with Gasteiger partial charge in [0.2, 0.25) is 5.88 Å². The Kier molecular flexibility index (Phi) is 5.04. The molecule has 2 aromatic rings. The predicted molar refractivity (Wildman–Crippen MR) is 102 cm³/mol. The average molecular weight is 349 g/mol. The summed E-state index contributed by atoms with van der Waals surface area (Å²) in [6, 6.07) is 15.4. The van der Waals surface area contributed by atoms with E-state index in [0.717, 1.165) is 23.3 Å². The lowest BCUT2D eigenvalue weighted by Crippen LogP contribution is -2.21. The average Bonchev–Trinajstić information content (AvgIpc) is 2.60. The van der Waals surface area contributed by atoms with Crippen LogP contribution in [-0.4, -0.2) is 6.61 Å². The first-order valence-corrected chi connectivity index (χ1v) is 8.69. The van der Waals surface area contributed by atoms with Crippen molar-refractivity contribution in [3.05, 3.63) is 65.0 Å². The molecule has 0 saturated carbocycles. The van der Waals surface area contributed by atoms with Crippen LogP contribution in [0.15, 0.2) is 53.9 Å². The van der Waals surface area contributed by atoms with E-state index in [1.807, 2.05) is 30.3 Å². The minimum absolute atomic E-state index is 0.113. The molecular formula is C21H23N3O2. The Balaban J connectivity index is 1.98. The molecule has 1 atom stereocenters. The molecule has 0 bridgehead atoms. The second kappa shape index (κ2) is 7.40. The van der Waals surface area contributed by atoms with Crippen LogP contribution >= 0.6 is 0 Å². The van der Waals surface area contributed by atoms with Crippen molar-refractivity contribution in [2.75, 3.05) is 12.3 Å². The fraction of sp³-hybridized carbons (Fsp3) is 0.286. The summed E-state index contributed by atoms with van der Waals surface area (Å²) in [7, 11) is 0. The molecule has 1 heterocycles. The zero-order valence-corrected chi connectivity index (χ0v) is 15.0. The van der Waals surface area contributed by atoms with Gasteiger partial charge in [-0.1, -0.05) is 32.0 Å². The van der Waals surface area contributed by atoms with Gasteiger partial charge in [0.25, 0.3) is 0 Å². The van der Waals surface area contributed by atoms with E-state index in [9.17, 15) is 5.26 Å². The van der Waals surface area contributed by atoms with Crippen molar-refractivity contribution in [1.29, 1.82) is 5.26 Å². The van der Waals surface area contributed by atoms with Crippen LogP contribution in [0, 0.1) is 17.2 Å². The fourth-order valence-corrected chi connectivity index (χ4v) is 3.01. The molecule has 0 spiro atoms. The van der Waals surface area contributed by atoms with Crippen molar-refractivity contribution in [1.82, 2.24) is 0 Å². The second-order valence-corrected chi connectivity index (χ2v) is 6.83. The molecule has 0 radical (unpaired) electrons. The Bertz CT molecular complexity index is 881. The van der Waals surface area contributed by atoms with Gasteiger partial charge in [-0.15, -0.1) is 0 Å². The van der Waals surface area contributed by atoms with E-state index in [1.54, 1.807) is 12.1 Å². The van der Waals surface area contributed by atoms with Crippen molar-refractivity contribution in [3.63, 3.8) is 0 Å². The van der Waals surface area contributed by atoms with E-state index < -0.39 is 0 Å². The highest BCUT2D eigenvalue weighted by Gasteiger charge is 2.30. The summed E-state index contributed by atoms with van der Waals surface area (Å²) in [6.07, 6.45) is 0.986. The first-order valence-electron chi connectivity index (χ1n) is 8.69. The van der Waals surface area contributed by atoms with Gasteiger partial charge in [0, 0.05) is 17.3 Å². The third kappa shape index (κ3) is 3.60. The van der Waals surface area contributed by atoms with Crippen LogP contribution in [0.3, 0.4) is 0 Å². The Labute approximate surface area is 153 Å². The lowest BCUT2D eigenvalue weighted by molar-refractivity contribution is 0.289. The number of allylic oxidation sites excluding steroid dienone is 1. The molecule has 0 saturated heterocycles. The van der Waals surface area contributed by atoms with Gasteiger partial charge in [-0.3, -0.25) is 0 Å². The number of nitriles is 1. The van der Waals surface area contributed by atoms with Crippen LogP contribution in [0.2, 0.25) is 0 Å². The number of nitrogens with two attached hydrogens (primary N) is 2. The van der Waals surface area contributed by atoms with E-state index in [0.29, 0.717) is 29.5 Å². The molecule has 1 aliphatic heterocycles. The number of nitrogens with zero attached hydrogens (tertiary/aromatic N) is 1. The summed E-state index contributed by atoms with van der Waals surface area (Å²) in [5, 5.41) is 9.62. The topological polar surface area (TPSA) is 94.3 Å². The summed E-state index contributed by atoms with van der Waals surface area (Å²) in [5.74, 6) is 1.75. The predicted octanol–water partition coefficient (Wildman–Crippen LogP) is 3.91. The Morgan fingerprint density at radius 1 is 1.19 bits per heavy atom. The zero-order chi connectivity index (χ0) is 18.7. The van der Waals surface area contributed by atoms with Gasteiger partial charge < -0.3 is 20.9 Å². The molecule has 4 N–H and O–H groups in total. The van der Waals surface area contributed by atoms with E-state index in [-0.39, 0.29) is 11.8 Å². The van der Waals surface area contributed by atoms with Gasteiger partial charge in [-0.2, -0.15) is 5.26 Å². The van der Waals surface area contributed by atoms with E-state index in [4.69, 9.17) is 20.9 Å².